The van der Waals surface area contributed by atoms with Gasteiger partial charge in [0.05, 0.1) is 0 Å². The number of unbranched alkanes of at least 4 members (excludes halogenated alkanes) is 4. The number of aliphatic imine (C=N–C) groups is 1. The molecule has 0 fully saturated rings. The molecule has 0 bridgehead atoms. The minimum atomic E-state index is 0.936. The van der Waals surface area contributed by atoms with Crippen molar-refractivity contribution in [1.29, 1.82) is 0 Å². The molecule has 18 heavy (non-hydrogen) atoms. The van der Waals surface area contributed by atoms with Crippen LogP contribution >= 0.6 is 11.8 Å². The molecule has 108 valence electrons. The first kappa shape index (κ1) is 17.6. The summed E-state index contributed by atoms with van der Waals surface area (Å²) >= 11 is 1.92. The van der Waals surface area contributed by atoms with Gasteiger partial charge < -0.3 is 10.6 Å². The maximum absolute atomic E-state index is 4.59. The Labute approximate surface area is 118 Å². The second-order valence-corrected chi connectivity index (χ2v) is 5.43. The SMILES string of the molecule is CCCCCCN=C(NCC)NCCCCSC. The van der Waals surface area contributed by atoms with Crippen LogP contribution in [0.5, 0.6) is 0 Å². The van der Waals surface area contributed by atoms with Crippen molar-refractivity contribution in [3.05, 3.63) is 0 Å². The highest BCUT2D eigenvalue weighted by atomic mass is 32.2. The summed E-state index contributed by atoms with van der Waals surface area (Å²) in [6, 6.07) is 0. The molecule has 3 nitrogen and oxygen atoms in total. The summed E-state index contributed by atoms with van der Waals surface area (Å²) in [4.78, 5) is 4.59. The van der Waals surface area contributed by atoms with Gasteiger partial charge in [-0.2, -0.15) is 11.8 Å². The van der Waals surface area contributed by atoms with Gasteiger partial charge in [0.15, 0.2) is 5.96 Å². The highest BCUT2D eigenvalue weighted by molar-refractivity contribution is 7.98. The lowest BCUT2D eigenvalue weighted by Crippen LogP contribution is -2.37. The molecule has 0 rings (SSSR count). The summed E-state index contributed by atoms with van der Waals surface area (Å²) in [5, 5.41) is 6.70. The number of nitrogens with zero attached hydrogens (tertiary/aromatic N) is 1. The van der Waals surface area contributed by atoms with Gasteiger partial charge in [-0.25, -0.2) is 0 Å². The van der Waals surface area contributed by atoms with Gasteiger partial charge in [0.25, 0.3) is 0 Å². The van der Waals surface area contributed by atoms with Gasteiger partial charge in [-0.1, -0.05) is 26.2 Å². The van der Waals surface area contributed by atoms with Gasteiger partial charge in [0.1, 0.15) is 0 Å². The van der Waals surface area contributed by atoms with Gasteiger partial charge in [-0.05, 0) is 38.2 Å². The van der Waals surface area contributed by atoms with Crippen LogP contribution in [-0.2, 0) is 0 Å². The Hall–Kier alpha value is -0.380. The van der Waals surface area contributed by atoms with Crippen LogP contribution in [0.25, 0.3) is 0 Å². The smallest absolute Gasteiger partial charge is 0.191 e. The van der Waals surface area contributed by atoms with E-state index in [1.807, 2.05) is 11.8 Å². The highest BCUT2D eigenvalue weighted by Crippen LogP contribution is 1.99. The molecule has 0 saturated heterocycles. The maximum atomic E-state index is 4.59. The molecule has 0 radical (unpaired) electrons. The van der Waals surface area contributed by atoms with Crippen molar-refractivity contribution in [2.75, 3.05) is 31.6 Å². The fourth-order valence-corrected chi connectivity index (χ4v) is 2.14. The third-order valence-corrected chi connectivity index (χ3v) is 3.39. The third-order valence-electron chi connectivity index (χ3n) is 2.69. The lowest BCUT2D eigenvalue weighted by molar-refractivity contribution is 0.668. The molecule has 0 aromatic carbocycles. The van der Waals surface area contributed by atoms with Crippen molar-refractivity contribution >= 4 is 17.7 Å². The molecule has 0 unspecified atom stereocenters. The molecule has 0 aromatic heterocycles. The standard InChI is InChI=1S/C14H31N3S/c1-4-6-7-8-11-16-14(15-5-2)17-12-9-10-13-18-3/h4-13H2,1-3H3,(H2,15,16,17). The van der Waals surface area contributed by atoms with E-state index in [0.29, 0.717) is 0 Å². The highest BCUT2D eigenvalue weighted by Gasteiger charge is 1.96. The number of nitrogens with one attached hydrogen (secondary N) is 2. The quantitative estimate of drug-likeness (QED) is 0.345. The van der Waals surface area contributed by atoms with E-state index in [2.05, 4.69) is 35.7 Å². The number of hydrogen-bond donors (Lipinski definition) is 2. The molecule has 0 heterocycles. The summed E-state index contributed by atoms with van der Waals surface area (Å²) in [6.45, 7) is 7.26. The molecular weight excluding hydrogens is 242 g/mol. The van der Waals surface area contributed by atoms with Gasteiger partial charge in [0, 0.05) is 19.6 Å². The number of hydrogen-bond acceptors (Lipinski definition) is 2. The Kier molecular flexibility index (Phi) is 14.4. The minimum Gasteiger partial charge on any atom is -0.357 e. The van der Waals surface area contributed by atoms with E-state index in [1.165, 1.54) is 44.3 Å². The minimum absolute atomic E-state index is 0.936. The molecule has 0 aromatic rings. The fourth-order valence-electron chi connectivity index (χ4n) is 1.65. The second-order valence-electron chi connectivity index (χ2n) is 4.45. The molecule has 0 spiro atoms. The van der Waals surface area contributed by atoms with Crippen molar-refractivity contribution in [3.63, 3.8) is 0 Å². The Morgan fingerprint density at radius 1 is 1.00 bits per heavy atom. The van der Waals surface area contributed by atoms with Crippen LogP contribution in [0.4, 0.5) is 0 Å². The Morgan fingerprint density at radius 3 is 2.50 bits per heavy atom. The largest absolute Gasteiger partial charge is 0.357 e. The predicted octanol–water partition coefficient (Wildman–Crippen LogP) is 3.27. The average molecular weight is 273 g/mol. The van der Waals surface area contributed by atoms with Crippen molar-refractivity contribution in [2.45, 2.75) is 52.4 Å². The molecule has 0 aliphatic heterocycles. The normalized spacial score (nSPS) is 11.6. The Balaban J connectivity index is 3.65. The van der Waals surface area contributed by atoms with Crippen LogP contribution in [0.15, 0.2) is 4.99 Å². The van der Waals surface area contributed by atoms with Gasteiger partial charge in [-0.15, -0.1) is 0 Å². The van der Waals surface area contributed by atoms with Crippen LogP contribution in [0.2, 0.25) is 0 Å². The van der Waals surface area contributed by atoms with Crippen LogP contribution in [-0.4, -0.2) is 37.6 Å². The molecule has 0 aliphatic carbocycles. The van der Waals surface area contributed by atoms with Gasteiger partial charge >= 0.3 is 0 Å². The van der Waals surface area contributed by atoms with Crippen LogP contribution < -0.4 is 10.6 Å². The van der Waals surface area contributed by atoms with Gasteiger partial charge in [-0.3, -0.25) is 4.99 Å². The number of guanidine groups is 1. The monoisotopic (exact) mass is 273 g/mol. The first-order chi connectivity index (χ1) is 8.85. The summed E-state index contributed by atoms with van der Waals surface area (Å²) in [5.41, 5.74) is 0. The average Bonchev–Trinajstić information content (AvgIpc) is 2.38. The zero-order chi connectivity index (χ0) is 13.5. The molecule has 0 saturated carbocycles. The van der Waals surface area contributed by atoms with Crippen molar-refractivity contribution in [1.82, 2.24) is 10.6 Å². The molecule has 2 N–H and O–H groups in total. The molecule has 0 amide bonds. The third kappa shape index (κ3) is 12.1. The van der Waals surface area contributed by atoms with E-state index >= 15 is 0 Å². The van der Waals surface area contributed by atoms with E-state index in [0.717, 1.165) is 25.6 Å². The maximum Gasteiger partial charge on any atom is 0.191 e. The summed E-state index contributed by atoms with van der Waals surface area (Å²) in [7, 11) is 0. The van der Waals surface area contributed by atoms with Crippen molar-refractivity contribution in [2.24, 2.45) is 4.99 Å². The lowest BCUT2D eigenvalue weighted by atomic mass is 10.2. The van der Waals surface area contributed by atoms with E-state index in [1.54, 1.807) is 0 Å². The molecule has 0 aliphatic rings. The van der Waals surface area contributed by atoms with Crippen LogP contribution in [0, 0.1) is 0 Å². The summed E-state index contributed by atoms with van der Waals surface area (Å²) in [6.07, 6.45) is 9.79. The predicted molar refractivity (Wildman–Crippen MR) is 85.7 cm³/mol. The van der Waals surface area contributed by atoms with Crippen LogP contribution in [0.3, 0.4) is 0 Å². The Bertz CT molecular complexity index is 195. The van der Waals surface area contributed by atoms with E-state index in [4.69, 9.17) is 0 Å². The van der Waals surface area contributed by atoms with E-state index in [9.17, 15) is 0 Å². The second kappa shape index (κ2) is 14.7. The first-order valence-corrected chi connectivity index (χ1v) is 8.75. The number of rotatable bonds is 11. The van der Waals surface area contributed by atoms with Crippen molar-refractivity contribution < 1.29 is 0 Å². The van der Waals surface area contributed by atoms with E-state index in [-0.39, 0.29) is 0 Å². The fraction of sp³-hybridized carbons (Fsp3) is 0.929. The van der Waals surface area contributed by atoms with Gasteiger partial charge in [0.2, 0.25) is 0 Å². The first-order valence-electron chi connectivity index (χ1n) is 7.36. The summed E-state index contributed by atoms with van der Waals surface area (Å²) in [5.74, 6) is 2.24. The van der Waals surface area contributed by atoms with E-state index < -0.39 is 0 Å². The summed E-state index contributed by atoms with van der Waals surface area (Å²) < 4.78 is 0. The lowest BCUT2D eigenvalue weighted by Gasteiger charge is -2.11. The molecule has 4 heteroatoms. The number of thioether (sulfide) groups is 1. The molecule has 0 atom stereocenters. The van der Waals surface area contributed by atoms with Crippen LogP contribution in [0.1, 0.15) is 52.4 Å². The van der Waals surface area contributed by atoms with Crippen molar-refractivity contribution in [3.8, 4) is 0 Å². The topological polar surface area (TPSA) is 36.4 Å². The zero-order valence-corrected chi connectivity index (χ0v) is 13.2. The molecular formula is C14H31N3S. The zero-order valence-electron chi connectivity index (χ0n) is 12.4. The Morgan fingerprint density at radius 2 is 1.83 bits per heavy atom.